The van der Waals surface area contributed by atoms with E-state index in [1.807, 2.05) is 30.6 Å². The number of amides is 3. The van der Waals surface area contributed by atoms with Gasteiger partial charge in [-0.05, 0) is 25.8 Å². The molecule has 0 radical (unpaired) electrons. The zero-order chi connectivity index (χ0) is 20.8. The number of hydrogen-bond acceptors (Lipinski definition) is 4. The molecule has 0 aromatic carbocycles. The molecule has 3 aliphatic rings. The molecule has 3 fully saturated rings. The van der Waals surface area contributed by atoms with Crippen molar-refractivity contribution >= 4 is 17.7 Å². The molecule has 158 valence electrons. The van der Waals surface area contributed by atoms with E-state index in [1.54, 1.807) is 21.8 Å². The molecule has 3 amide bonds. The van der Waals surface area contributed by atoms with Gasteiger partial charge >= 0.3 is 0 Å². The molecule has 0 unspecified atom stereocenters. The minimum absolute atomic E-state index is 0.0180. The highest BCUT2D eigenvalue weighted by Crippen LogP contribution is 2.45. The fourth-order valence-corrected chi connectivity index (χ4v) is 5.10. The summed E-state index contributed by atoms with van der Waals surface area (Å²) in [6.07, 6.45) is 3.86. The minimum atomic E-state index is -0.683. The van der Waals surface area contributed by atoms with Crippen molar-refractivity contribution < 1.29 is 14.4 Å². The van der Waals surface area contributed by atoms with E-state index < -0.39 is 5.41 Å². The second-order valence-corrected chi connectivity index (χ2v) is 8.97. The van der Waals surface area contributed by atoms with Gasteiger partial charge in [0.2, 0.25) is 11.8 Å². The largest absolute Gasteiger partial charge is 0.342 e. The molecule has 0 bridgehead atoms. The zero-order valence-electron chi connectivity index (χ0n) is 17.6. The molecular weight excluding hydrogens is 370 g/mol. The maximum atomic E-state index is 13.6. The third-order valence-electron chi connectivity index (χ3n) is 6.70. The molecule has 3 aliphatic heterocycles. The Balaban J connectivity index is 1.58. The van der Waals surface area contributed by atoms with Crippen molar-refractivity contribution in [1.29, 1.82) is 0 Å². The van der Waals surface area contributed by atoms with E-state index in [1.165, 1.54) is 0 Å². The average Bonchev–Trinajstić information content (AvgIpc) is 3.48. The van der Waals surface area contributed by atoms with Gasteiger partial charge in [-0.3, -0.25) is 19.1 Å². The van der Waals surface area contributed by atoms with Crippen LogP contribution >= 0.6 is 0 Å². The summed E-state index contributed by atoms with van der Waals surface area (Å²) >= 11 is 0. The number of carbonyl (C=O) groups excluding carboxylic acids is 3. The van der Waals surface area contributed by atoms with Crippen LogP contribution in [0.1, 0.15) is 44.1 Å². The number of aryl methyl sites for hydroxylation is 1. The molecule has 8 heteroatoms. The summed E-state index contributed by atoms with van der Waals surface area (Å²) in [7, 11) is 0. The van der Waals surface area contributed by atoms with Gasteiger partial charge in [-0.1, -0.05) is 13.8 Å². The molecule has 3 saturated heterocycles. The molecule has 2 atom stereocenters. The highest BCUT2D eigenvalue weighted by atomic mass is 16.2. The van der Waals surface area contributed by atoms with E-state index >= 15 is 0 Å². The highest BCUT2D eigenvalue weighted by Gasteiger charge is 2.60. The van der Waals surface area contributed by atoms with Crippen LogP contribution in [0.5, 0.6) is 0 Å². The van der Waals surface area contributed by atoms with Crippen molar-refractivity contribution in [1.82, 2.24) is 24.5 Å². The van der Waals surface area contributed by atoms with Crippen molar-refractivity contribution in [2.75, 3.05) is 39.3 Å². The van der Waals surface area contributed by atoms with E-state index in [9.17, 15) is 14.4 Å². The predicted molar refractivity (Wildman–Crippen MR) is 107 cm³/mol. The van der Waals surface area contributed by atoms with Crippen LogP contribution in [-0.4, -0.2) is 81.5 Å². The van der Waals surface area contributed by atoms with Gasteiger partial charge < -0.3 is 14.7 Å². The highest BCUT2D eigenvalue weighted by molar-refractivity contribution is 5.94. The number of likely N-dealkylation sites (tertiary alicyclic amines) is 3. The maximum Gasteiger partial charge on any atom is 0.274 e. The van der Waals surface area contributed by atoms with Crippen molar-refractivity contribution in [2.24, 2.45) is 17.3 Å². The molecule has 0 saturated carbocycles. The number of rotatable bonds is 4. The number of hydrogen-bond donors (Lipinski definition) is 0. The van der Waals surface area contributed by atoms with Crippen LogP contribution in [0.25, 0.3) is 0 Å². The number of carbonyl (C=O) groups is 3. The Morgan fingerprint density at radius 2 is 1.76 bits per heavy atom. The van der Waals surface area contributed by atoms with Gasteiger partial charge in [-0.15, -0.1) is 0 Å². The summed E-state index contributed by atoms with van der Waals surface area (Å²) in [5.41, 5.74) is -0.261. The molecule has 0 spiro atoms. The van der Waals surface area contributed by atoms with Crippen LogP contribution in [0.15, 0.2) is 12.3 Å². The summed E-state index contributed by atoms with van der Waals surface area (Å²) in [6.45, 7) is 9.86. The van der Waals surface area contributed by atoms with Crippen LogP contribution in [0.2, 0.25) is 0 Å². The smallest absolute Gasteiger partial charge is 0.274 e. The zero-order valence-corrected chi connectivity index (χ0v) is 17.6. The summed E-state index contributed by atoms with van der Waals surface area (Å²) in [5, 5.41) is 4.34. The quantitative estimate of drug-likeness (QED) is 0.756. The summed E-state index contributed by atoms with van der Waals surface area (Å²) in [4.78, 5) is 44.8. The predicted octanol–water partition coefficient (Wildman–Crippen LogP) is 1.08. The molecule has 1 aromatic heterocycles. The molecular formula is C21H31N5O3. The first kappa shape index (κ1) is 19.9. The van der Waals surface area contributed by atoms with Crippen LogP contribution in [0.3, 0.4) is 0 Å². The summed E-state index contributed by atoms with van der Waals surface area (Å²) < 4.78 is 1.73. The van der Waals surface area contributed by atoms with E-state index in [4.69, 9.17) is 0 Å². The third kappa shape index (κ3) is 3.32. The molecule has 1 aromatic rings. The minimum Gasteiger partial charge on any atom is -0.342 e. The van der Waals surface area contributed by atoms with Crippen LogP contribution < -0.4 is 0 Å². The van der Waals surface area contributed by atoms with E-state index in [-0.39, 0.29) is 29.6 Å². The average molecular weight is 402 g/mol. The standard InChI is InChI=1S/C21H31N5O3/c1-4-26-10-7-17(22-26)19(28)25-12-16-11-24(18(27)15(2)3)13-21(16,14-25)20(29)23-8-5-6-9-23/h7,10,15-16H,4-6,8-9,11-14H2,1-3H3/t16-,21-/m0/s1. The van der Waals surface area contributed by atoms with Gasteiger partial charge in [0.25, 0.3) is 5.91 Å². The SMILES string of the molecule is CCn1ccc(C(=O)N2C[C@@H]3CN(C(=O)C(C)C)C[C@]3(C(=O)N3CCCC3)C2)n1. The lowest BCUT2D eigenvalue weighted by atomic mass is 9.79. The number of nitrogens with zero attached hydrogens (tertiary/aromatic N) is 5. The van der Waals surface area contributed by atoms with E-state index in [0.717, 1.165) is 25.9 Å². The Hall–Kier alpha value is -2.38. The maximum absolute atomic E-state index is 13.6. The monoisotopic (exact) mass is 401 g/mol. The topological polar surface area (TPSA) is 78.8 Å². The Kier molecular flexibility index (Phi) is 5.12. The normalized spacial score (nSPS) is 26.5. The second-order valence-electron chi connectivity index (χ2n) is 8.97. The summed E-state index contributed by atoms with van der Waals surface area (Å²) in [5.74, 6) is -0.0260. The lowest BCUT2D eigenvalue weighted by Crippen LogP contribution is -2.49. The molecule has 8 nitrogen and oxygen atoms in total. The summed E-state index contributed by atoms with van der Waals surface area (Å²) in [6, 6.07) is 1.74. The molecule has 0 N–H and O–H groups in total. The Morgan fingerprint density at radius 3 is 2.38 bits per heavy atom. The van der Waals surface area contributed by atoms with Gasteiger partial charge in [0.05, 0.1) is 5.41 Å². The van der Waals surface area contributed by atoms with E-state index in [0.29, 0.717) is 38.4 Å². The molecule has 4 rings (SSSR count). The van der Waals surface area contributed by atoms with Crippen LogP contribution in [0.4, 0.5) is 0 Å². The first-order valence-electron chi connectivity index (χ1n) is 10.8. The Labute approximate surface area is 171 Å². The molecule has 4 heterocycles. The fourth-order valence-electron chi connectivity index (χ4n) is 5.10. The van der Waals surface area contributed by atoms with Gasteiger partial charge in [0.1, 0.15) is 5.69 Å². The van der Waals surface area contributed by atoms with Crippen molar-refractivity contribution in [3.63, 3.8) is 0 Å². The second kappa shape index (κ2) is 7.46. The fraction of sp³-hybridized carbons (Fsp3) is 0.714. The Bertz CT molecular complexity index is 813. The van der Waals surface area contributed by atoms with E-state index in [2.05, 4.69) is 5.10 Å². The lowest BCUT2D eigenvalue weighted by Gasteiger charge is -2.32. The van der Waals surface area contributed by atoms with Crippen molar-refractivity contribution in [3.8, 4) is 0 Å². The van der Waals surface area contributed by atoms with Crippen LogP contribution in [-0.2, 0) is 16.1 Å². The van der Waals surface area contributed by atoms with Crippen molar-refractivity contribution in [2.45, 2.75) is 40.2 Å². The van der Waals surface area contributed by atoms with Gasteiger partial charge in [-0.2, -0.15) is 5.10 Å². The molecule has 29 heavy (non-hydrogen) atoms. The van der Waals surface area contributed by atoms with Crippen LogP contribution in [0, 0.1) is 17.3 Å². The molecule has 0 aliphatic carbocycles. The first-order chi connectivity index (χ1) is 13.9. The Morgan fingerprint density at radius 1 is 1.10 bits per heavy atom. The first-order valence-corrected chi connectivity index (χ1v) is 10.8. The lowest BCUT2D eigenvalue weighted by molar-refractivity contribution is -0.141. The van der Waals surface area contributed by atoms with Gasteiger partial charge in [0.15, 0.2) is 0 Å². The number of aromatic nitrogens is 2. The number of fused-ring (bicyclic) bond motifs is 1. The third-order valence-corrected chi connectivity index (χ3v) is 6.70. The van der Waals surface area contributed by atoms with Gasteiger partial charge in [0, 0.05) is 63.8 Å². The van der Waals surface area contributed by atoms with Gasteiger partial charge in [-0.25, -0.2) is 0 Å². The van der Waals surface area contributed by atoms with Crippen molar-refractivity contribution in [3.05, 3.63) is 18.0 Å².